The number of aryl methyl sites for hydroxylation is 1. The molecule has 1 aliphatic carbocycles. The lowest BCUT2D eigenvalue weighted by Crippen LogP contribution is -2.24. The zero-order valence-corrected chi connectivity index (χ0v) is 12.8. The number of nitrogens with zero attached hydrogens (tertiary/aromatic N) is 1. The summed E-state index contributed by atoms with van der Waals surface area (Å²) in [5, 5.41) is 2.94. The van der Waals surface area contributed by atoms with Crippen LogP contribution in [-0.4, -0.2) is 10.9 Å². The van der Waals surface area contributed by atoms with Crippen molar-refractivity contribution in [2.75, 3.05) is 5.32 Å². The molecule has 1 N–H and O–H groups in total. The second-order valence-corrected chi connectivity index (χ2v) is 6.10. The van der Waals surface area contributed by atoms with Crippen LogP contribution in [0, 0.1) is 12.8 Å². The van der Waals surface area contributed by atoms with E-state index < -0.39 is 0 Å². The van der Waals surface area contributed by atoms with Gasteiger partial charge in [-0.05, 0) is 58.5 Å². The van der Waals surface area contributed by atoms with Gasteiger partial charge < -0.3 is 5.32 Å². The highest BCUT2D eigenvalue weighted by molar-refractivity contribution is 9.10. The van der Waals surface area contributed by atoms with Crippen LogP contribution in [0.25, 0.3) is 0 Å². The minimum atomic E-state index is 0.0113. The Hall–Kier alpha value is -1.68. The molecule has 0 aliphatic heterocycles. The third-order valence-electron chi connectivity index (χ3n) is 3.71. The summed E-state index contributed by atoms with van der Waals surface area (Å²) in [4.78, 5) is 16.6. The predicted molar refractivity (Wildman–Crippen MR) is 82.6 cm³/mol. The van der Waals surface area contributed by atoms with Crippen molar-refractivity contribution in [1.82, 2.24) is 4.98 Å². The van der Waals surface area contributed by atoms with Crippen molar-refractivity contribution >= 4 is 27.7 Å². The quantitative estimate of drug-likeness (QED) is 0.915. The smallest absolute Gasteiger partial charge is 0.229 e. The van der Waals surface area contributed by atoms with E-state index >= 15 is 0 Å². The number of carbonyl (C=O) groups excluding carboxylic acids is 1. The van der Waals surface area contributed by atoms with E-state index in [9.17, 15) is 4.79 Å². The first-order valence-electron chi connectivity index (χ1n) is 6.63. The van der Waals surface area contributed by atoms with Crippen molar-refractivity contribution in [3.63, 3.8) is 0 Å². The van der Waals surface area contributed by atoms with E-state index in [1.807, 2.05) is 25.1 Å². The Morgan fingerprint density at radius 1 is 1.30 bits per heavy atom. The Bertz CT molecular complexity index is 644. The van der Waals surface area contributed by atoms with Crippen LogP contribution in [0.3, 0.4) is 0 Å². The lowest BCUT2D eigenvalue weighted by Gasteiger charge is -2.11. The van der Waals surface area contributed by atoms with E-state index in [4.69, 9.17) is 0 Å². The number of benzene rings is 1. The number of carbonyl (C=O) groups is 1. The minimum Gasteiger partial charge on any atom is -0.310 e. The van der Waals surface area contributed by atoms with Gasteiger partial charge in [-0.25, -0.2) is 4.98 Å². The fourth-order valence-corrected chi connectivity index (χ4v) is 3.08. The van der Waals surface area contributed by atoms with Crippen LogP contribution < -0.4 is 5.32 Å². The van der Waals surface area contributed by atoms with Crippen molar-refractivity contribution in [1.29, 1.82) is 0 Å². The summed E-state index contributed by atoms with van der Waals surface area (Å²) in [6.07, 6.45) is 3.33. The summed E-state index contributed by atoms with van der Waals surface area (Å²) in [7, 11) is 0. The van der Waals surface area contributed by atoms with Crippen molar-refractivity contribution in [2.24, 2.45) is 5.92 Å². The highest BCUT2D eigenvalue weighted by Gasteiger charge is 2.27. The number of hydrogen-bond acceptors (Lipinski definition) is 2. The second-order valence-electron chi connectivity index (χ2n) is 5.18. The summed E-state index contributed by atoms with van der Waals surface area (Å²) >= 11 is 3.37. The molecule has 0 saturated carbocycles. The Morgan fingerprint density at radius 3 is 2.55 bits per heavy atom. The molecular weight excluding hydrogens is 316 g/mol. The lowest BCUT2D eigenvalue weighted by atomic mass is 10.1. The van der Waals surface area contributed by atoms with Gasteiger partial charge in [0.1, 0.15) is 5.82 Å². The molecule has 3 rings (SSSR count). The molecular formula is C16H15BrN2O. The molecule has 20 heavy (non-hydrogen) atoms. The molecule has 2 aromatic rings. The average molecular weight is 331 g/mol. The van der Waals surface area contributed by atoms with Gasteiger partial charge in [0.25, 0.3) is 0 Å². The molecule has 102 valence electrons. The molecule has 0 saturated heterocycles. The van der Waals surface area contributed by atoms with Crippen molar-refractivity contribution in [3.05, 3.63) is 57.7 Å². The number of anilines is 1. The van der Waals surface area contributed by atoms with Gasteiger partial charge in [-0.1, -0.05) is 24.3 Å². The molecule has 0 unspecified atom stereocenters. The minimum absolute atomic E-state index is 0.0113. The fraction of sp³-hybridized carbons (Fsp3) is 0.250. The Balaban J connectivity index is 1.72. The van der Waals surface area contributed by atoms with Crippen molar-refractivity contribution < 1.29 is 4.79 Å². The summed E-state index contributed by atoms with van der Waals surface area (Å²) in [6.45, 7) is 1.94. The summed E-state index contributed by atoms with van der Waals surface area (Å²) in [6, 6.07) is 10.2. The van der Waals surface area contributed by atoms with E-state index in [0.717, 1.165) is 22.9 Å². The first-order chi connectivity index (χ1) is 9.63. The summed E-state index contributed by atoms with van der Waals surface area (Å²) < 4.78 is 0.918. The lowest BCUT2D eigenvalue weighted by molar-refractivity contribution is -0.119. The Kier molecular flexibility index (Phi) is 3.57. The van der Waals surface area contributed by atoms with Crippen LogP contribution in [0.5, 0.6) is 0 Å². The van der Waals surface area contributed by atoms with Gasteiger partial charge in [-0.15, -0.1) is 0 Å². The molecule has 0 atom stereocenters. The summed E-state index contributed by atoms with van der Waals surface area (Å²) in [5.41, 5.74) is 3.53. The molecule has 1 aromatic carbocycles. The number of hydrogen-bond donors (Lipinski definition) is 1. The van der Waals surface area contributed by atoms with Gasteiger partial charge in [-0.2, -0.15) is 0 Å². The molecule has 0 spiro atoms. The third kappa shape index (κ3) is 2.61. The molecule has 1 aromatic heterocycles. The number of amides is 1. The maximum Gasteiger partial charge on any atom is 0.229 e. The van der Waals surface area contributed by atoms with Gasteiger partial charge in [0, 0.05) is 16.6 Å². The molecule has 0 radical (unpaired) electrons. The molecule has 0 fully saturated rings. The molecule has 4 heteroatoms. The van der Waals surface area contributed by atoms with Crippen LogP contribution in [0.15, 0.2) is 41.0 Å². The number of rotatable bonds is 2. The highest BCUT2D eigenvalue weighted by atomic mass is 79.9. The van der Waals surface area contributed by atoms with Gasteiger partial charge in [0.2, 0.25) is 5.91 Å². The first kappa shape index (κ1) is 13.3. The molecule has 1 amide bonds. The topological polar surface area (TPSA) is 42.0 Å². The third-order valence-corrected chi connectivity index (χ3v) is 4.14. The monoisotopic (exact) mass is 330 g/mol. The number of pyridine rings is 1. The van der Waals surface area contributed by atoms with Crippen LogP contribution in [-0.2, 0) is 17.6 Å². The first-order valence-corrected chi connectivity index (χ1v) is 7.42. The van der Waals surface area contributed by atoms with E-state index in [2.05, 4.69) is 38.4 Å². The van der Waals surface area contributed by atoms with Crippen molar-refractivity contribution in [2.45, 2.75) is 19.8 Å². The van der Waals surface area contributed by atoms with Crippen molar-refractivity contribution in [3.8, 4) is 0 Å². The number of fused-ring (bicyclic) bond motifs is 1. The standard InChI is InChI=1S/C16H15BrN2O/c1-10-6-14(17)9-18-15(10)19-16(20)13-7-11-4-2-3-5-12(11)8-13/h2-6,9,13H,7-8H2,1H3,(H,18,19,20). The van der Waals surface area contributed by atoms with E-state index in [0.29, 0.717) is 5.82 Å². The largest absolute Gasteiger partial charge is 0.310 e. The number of nitrogens with one attached hydrogen (secondary N) is 1. The summed E-state index contributed by atoms with van der Waals surface area (Å²) in [5.74, 6) is 0.713. The maximum atomic E-state index is 12.4. The highest BCUT2D eigenvalue weighted by Crippen LogP contribution is 2.27. The average Bonchev–Trinajstić information content (AvgIpc) is 2.86. The number of aromatic nitrogens is 1. The Morgan fingerprint density at radius 2 is 1.95 bits per heavy atom. The molecule has 0 bridgehead atoms. The molecule has 1 heterocycles. The number of halogens is 1. The second kappa shape index (κ2) is 5.37. The van der Waals surface area contributed by atoms with Gasteiger partial charge in [0.05, 0.1) is 0 Å². The Labute approximate surface area is 126 Å². The van der Waals surface area contributed by atoms with Crippen LogP contribution >= 0.6 is 15.9 Å². The van der Waals surface area contributed by atoms with Gasteiger partial charge in [-0.3, -0.25) is 4.79 Å². The van der Waals surface area contributed by atoms with E-state index in [-0.39, 0.29) is 11.8 Å². The zero-order valence-electron chi connectivity index (χ0n) is 11.2. The van der Waals surface area contributed by atoms with Gasteiger partial charge >= 0.3 is 0 Å². The fourth-order valence-electron chi connectivity index (χ4n) is 2.63. The SMILES string of the molecule is Cc1cc(Br)cnc1NC(=O)C1Cc2ccccc2C1. The normalized spacial score (nSPS) is 14.1. The van der Waals surface area contributed by atoms with Crippen LogP contribution in [0.2, 0.25) is 0 Å². The maximum absolute atomic E-state index is 12.4. The zero-order chi connectivity index (χ0) is 14.1. The molecule has 3 nitrogen and oxygen atoms in total. The van der Waals surface area contributed by atoms with E-state index in [1.54, 1.807) is 6.20 Å². The predicted octanol–water partition coefficient (Wildman–Crippen LogP) is 3.51. The van der Waals surface area contributed by atoms with Crippen LogP contribution in [0.1, 0.15) is 16.7 Å². The van der Waals surface area contributed by atoms with E-state index in [1.165, 1.54) is 11.1 Å². The van der Waals surface area contributed by atoms with Gasteiger partial charge in [0.15, 0.2) is 0 Å². The molecule has 1 aliphatic rings. The van der Waals surface area contributed by atoms with Crippen LogP contribution in [0.4, 0.5) is 5.82 Å².